The Labute approximate surface area is 130 Å². The smallest absolute Gasteiger partial charge is 0.224 e. The molecule has 2 nitrogen and oxygen atoms in total. The molecule has 0 heterocycles. The van der Waals surface area contributed by atoms with Crippen molar-refractivity contribution < 1.29 is 9.53 Å². The summed E-state index contributed by atoms with van der Waals surface area (Å²) in [5.74, 6) is 0.397. The average molecular weight is 290 g/mol. The molecule has 0 fully saturated rings. The van der Waals surface area contributed by atoms with Gasteiger partial charge in [-0.3, -0.25) is 4.79 Å². The van der Waals surface area contributed by atoms with Crippen molar-refractivity contribution in [1.29, 1.82) is 0 Å². The maximum absolute atomic E-state index is 12.6. The van der Waals surface area contributed by atoms with E-state index in [1.54, 1.807) is 0 Å². The van der Waals surface area contributed by atoms with E-state index >= 15 is 0 Å². The highest BCUT2D eigenvalue weighted by molar-refractivity contribution is 6.13. The lowest BCUT2D eigenvalue weighted by molar-refractivity contribution is -0.114. The van der Waals surface area contributed by atoms with Crippen LogP contribution < -0.4 is 0 Å². The van der Waals surface area contributed by atoms with Gasteiger partial charge in [-0.15, -0.1) is 0 Å². The van der Waals surface area contributed by atoms with Gasteiger partial charge < -0.3 is 4.74 Å². The Bertz CT molecular complexity index is 712. The van der Waals surface area contributed by atoms with Gasteiger partial charge in [0.25, 0.3) is 0 Å². The maximum atomic E-state index is 12.6. The van der Waals surface area contributed by atoms with Crippen LogP contribution in [0.15, 0.2) is 78.1 Å². The molecule has 2 heteroatoms. The quantitative estimate of drug-likeness (QED) is 0.782. The summed E-state index contributed by atoms with van der Waals surface area (Å²) in [7, 11) is 0. The van der Waals surface area contributed by atoms with Crippen LogP contribution in [0.5, 0.6) is 0 Å². The number of ether oxygens (including phenoxy) is 1. The predicted molar refractivity (Wildman–Crippen MR) is 88.3 cm³/mol. The van der Waals surface area contributed by atoms with Gasteiger partial charge in [0.15, 0.2) is 5.76 Å². The molecule has 0 bridgehead atoms. The molecule has 1 aliphatic rings. The molecule has 110 valence electrons. The number of rotatable bonds is 4. The number of carbonyl (C=O) groups is 1. The SMILES string of the molecule is CCOC1=CC(c2ccccc2)C(=Cc2ccccc2)C1=O. The van der Waals surface area contributed by atoms with Crippen molar-refractivity contribution in [3.05, 3.63) is 89.2 Å². The molecule has 0 saturated heterocycles. The molecule has 2 aromatic carbocycles. The Kier molecular flexibility index (Phi) is 4.19. The van der Waals surface area contributed by atoms with Crippen LogP contribution in [0.2, 0.25) is 0 Å². The number of ketones is 1. The number of allylic oxidation sites excluding steroid dienone is 2. The molecule has 22 heavy (non-hydrogen) atoms. The number of hydrogen-bond donors (Lipinski definition) is 0. The zero-order valence-corrected chi connectivity index (χ0v) is 12.5. The van der Waals surface area contributed by atoms with Crippen LogP contribution in [-0.4, -0.2) is 12.4 Å². The van der Waals surface area contributed by atoms with Crippen molar-refractivity contribution in [2.24, 2.45) is 0 Å². The van der Waals surface area contributed by atoms with Gasteiger partial charge in [-0.05, 0) is 30.2 Å². The minimum absolute atomic E-state index is 0.0143. The maximum Gasteiger partial charge on any atom is 0.224 e. The number of carbonyl (C=O) groups excluding carboxylic acids is 1. The molecule has 0 N–H and O–H groups in total. The van der Waals surface area contributed by atoms with E-state index in [-0.39, 0.29) is 11.7 Å². The minimum atomic E-state index is -0.0459. The van der Waals surface area contributed by atoms with Crippen molar-refractivity contribution in [3.63, 3.8) is 0 Å². The first-order chi connectivity index (χ1) is 10.8. The third kappa shape index (κ3) is 2.86. The summed E-state index contributed by atoms with van der Waals surface area (Å²) in [6.45, 7) is 2.39. The summed E-state index contributed by atoms with van der Waals surface area (Å²) in [5, 5.41) is 0. The third-order valence-corrected chi connectivity index (χ3v) is 3.72. The Morgan fingerprint density at radius 1 is 1.00 bits per heavy atom. The van der Waals surface area contributed by atoms with Gasteiger partial charge >= 0.3 is 0 Å². The van der Waals surface area contributed by atoms with E-state index in [1.165, 1.54) is 0 Å². The highest BCUT2D eigenvalue weighted by Crippen LogP contribution is 2.36. The number of Topliss-reactive ketones (excluding diaryl/α,β-unsaturated/α-hetero) is 1. The summed E-state index contributed by atoms with van der Waals surface area (Å²) in [6, 6.07) is 20.0. The first kappa shape index (κ1) is 14.3. The fourth-order valence-electron chi connectivity index (χ4n) is 2.69. The second kappa shape index (κ2) is 6.44. The lowest BCUT2D eigenvalue weighted by Gasteiger charge is -2.10. The fourth-order valence-corrected chi connectivity index (χ4v) is 2.69. The van der Waals surface area contributed by atoms with Gasteiger partial charge in [0.1, 0.15) is 0 Å². The molecular weight excluding hydrogens is 272 g/mol. The molecule has 0 amide bonds. The molecule has 1 aliphatic carbocycles. The first-order valence-electron chi connectivity index (χ1n) is 7.50. The van der Waals surface area contributed by atoms with Gasteiger partial charge in [-0.25, -0.2) is 0 Å². The van der Waals surface area contributed by atoms with Crippen LogP contribution in [-0.2, 0) is 9.53 Å². The summed E-state index contributed by atoms with van der Waals surface area (Å²) in [5.41, 5.74) is 2.89. The fraction of sp³-hybridized carbons (Fsp3) is 0.150. The average Bonchev–Trinajstić information content (AvgIpc) is 2.87. The van der Waals surface area contributed by atoms with Crippen molar-refractivity contribution in [2.75, 3.05) is 6.61 Å². The van der Waals surface area contributed by atoms with Crippen LogP contribution in [0.25, 0.3) is 6.08 Å². The van der Waals surface area contributed by atoms with Crippen molar-refractivity contribution >= 4 is 11.9 Å². The normalized spacial score (nSPS) is 19.3. The topological polar surface area (TPSA) is 26.3 Å². The van der Waals surface area contributed by atoms with Gasteiger partial charge in [0.05, 0.1) is 6.61 Å². The zero-order chi connectivity index (χ0) is 15.4. The van der Waals surface area contributed by atoms with Gasteiger partial charge in [-0.2, -0.15) is 0 Å². The molecule has 0 radical (unpaired) electrons. The molecule has 0 aromatic heterocycles. The van der Waals surface area contributed by atoms with E-state index in [2.05, 4.69) is 0 Å². The summed E-state index contributed by atoms with van der Waals surface area (Å²) in [4.78, 5) is 12.6. The Balaban J connectivity index is 2.03. The Morgan fingerprint density at radius 2 is 1.64 bits per heavy atom. The van der Waals surface area contributed by atoms with Gasteiger partial charge in [-0.1, -0.05) is 60.7 Å². The summed E-state index contributed by atoms with van der Waals surface area (Å²) >= 11 is 0. The van der Waals surface area contributed by atoms with E-state index in [4.69, 9.17) is 4.74 Å². The van der Waals surface area contributed by atoms with E-state index < -0.39 is 0 Å². The zero-order valence-electron chi connectivity index (χ0n) is 12.5. The van der Waals surface area contributed by atoms with Crippen LogP contribution in [0, 0.1) is 0 Å². The van der Waals surface area contributed by atoms with Crippen LogP contribution in [0.1, 0.15) is 24.0 Å². The third-order valence-electron chi connectivity index (χ3n) is 3.72. The molecule has 0 saturated carbocycles. The minimum Gasteiger partial charge on any atom is -0.490 e. The highest BCUT2D eigenvalue weighted by atomic mass is 16.5. The second-order valence-corrected chi connectivity index (χ2v) is 5.19. The highest BCUT2D eigenvalue weighted by Gasteiger charge is 2.32. The van der Waals surface area contributed by atoms with Crippen LogP contribution >= 0.6 is 0 Å². The molecule has 0 aliphatic heterocycles. The standard InChI is InChI=1S/C20H18O2/c1-2-22-19-14-17(16-11-7-4-8-12-16)18(20(19)21)13-15-9-5-3-6-10-15/h3-14,17H,2H2,1H3. The first-order valence-corrected chi connectivity index (χ1v) is 7.50. The van der Waals surface area contributed by atoms with Crippen molar-refractivity contribution in [3.8, 4) is 0 Å². The molecule has 0 spiro atoms. The number of benzene rings is 2. The monoisotopic (exact) mass is 290 g/mol. The largest absolute Gasteiger partial charge is 0.490 e. The molecule has 1 unspecified atom stereocenters. The van der Waals surface area contributed by atoms with E-state index in [0.29, 0.717) is 12.4 Å². The molecular formula is C20H18O2. The Morgan fingerprint density at radius 3 is 2.27 bits per heavy atom. The van der Waals surface area contributed by atoms with Crippen molar-refractivity contribution in [2.45, 2.75) is 12.8 Å². The van der Waals surface area contributed by atoms with E-state index in [0.717, 1.165) is 16.7 Å². The predicted octanol–water partition coefficient (Wildman–Crippen LogP) is 4.36. The molecule has 1 atom stereocenters. The van der Waals surface area contributed by atoms with E-state index in [1.807, 2.05) is 79.7 Å². The van der Waals surface area contributed by atoms with Gasteiger partial charge in [0.2, 0.25) is 5.78 Å². The molecule has 2 aromatic rings. The lowest BCUT2D eigenvalue weighted by Crippen LogP contribution is -2.06. The van der Waals surface area contributed by atoms with E-state index in [9.17, 15) is 4.79 Å². The second-order valence-electron chi connectivity index (χ2n) is 5.19. The van der Waals surface area contributed by atoms with Crippen LogP contribution in [0.3, 0.4) is 0 Å². The summed E-state index contributed by atoms with van der Waals surface area (Å²) < 4.78 is 5.51. The lowest BCUT2D eigenvalue weighted by atomic mass is 9.92. The Hall–Kier alpha value is -2.61. The van der Waals surface area contributed by atoms with Gasteiger partial charge in [0, 0.05) is 11.5 Å². The summed E-state index contributed by atoms with van der Waals surface area (Å²) in [6.07, 6.45) is 3.89. The number of hydrogen-bond acceptors (Lipinski definition) is 2. The van der Waals surface area contributed by atoms with Crippen molar-refractivity contribution in [1.82, 2.24) is 0 Å². The molecule has 3 rings (SSSR count). The van der Waals surface area contributed by atoms with Crippen LogP contribution in [0.4, 0.5) is 0 Å².